The molecule has 1 aromatic carbocycles. The van der Waals surface area contributed by atoms with Crippen molar-refractivity contribution in [2.24, 2.45) is 0 Å². The van der Waals surface area contributed by atoms with Crippen LogP contribution in [-0.4, -0.2) is 39.9 Å². The lowest BCUT2D eigenvalue weighted by atomic mass is 10.1. The van der Waals surface area contributed by atoms with Crippen LogP contribution in [0.5, 0.6) is 0 Å². The second kappa shape index (κ2) is 8.84. The number of hydrogen-bond acceptors (Lipinski definition) is 5. The van der Waals surface area contributed by atoms with E-state index in [1.807, 2.05) is 6.92 Å². The molecule has 0 bridgehead atoms. The first kappa shape index (κ1) is 20.0. The molecule has 0 radical (unpaired) electrons. The number of nitrogens with one attached hydrogen (secondary N) is 1. The molecule has 2 unspecified atom stereocenters. The second-order valence-corrected chi connectivity index (χ2v) is 7.33. The standard InChI is InChI=1S/C18H22FN3O3S/c1-11-9-16(21-25-11)20-18(24)13(3)26-10-17(23)22(4)12(2)14-5-7-15(19)8-6-14/h5-9,12-13H,10H2,1-4H3,(H,20,21,24). The van der Waals surface area contributed by atoms with E-state index in [0.717, 1.165) is 5.56 Å². The van der Waals surface area contributed by atoms with Gasteiger partial charge in [-0.25, -0.2) is 4.39 Å². The van der Waals surface area contributed by atoms with Crippen molar-refractivity contribution in [3.63, 3.8) is 0 Å². The molecule has 2 amide bonds. The maximum absolute atomic E-state index is 13.0. The van der Waals surface area contributed by atoms with Gasteiger partial charge in [0, 0.05) is 13.1 Å². The van der Waals surface area contributed by atoms with E-state index in [0.29, 0.717) is 11.6 Å². The summed E-state index contributed by atoms with van der Waals surface area (Å²) in [6.07, 6.45) is 0. The molecule has 0 aliphatic carbocycles. The molecule has 1 aromatic heterocycles. The van der Waals surface area contributed by atoms with Gasteiger partial charge in [-0.05, 0) is 38.5 Å². The summed E-state index contributed by atoms with van der Waals surface area (Å²) in [5.41, 5.74) is 0.847. The number of anilines is 1. The van der Waals surface area contributed by atoms with Crippen molar-refractivity contribution in [1.82, 2.24) is 10.1 Å². The van der Waals surface area contributed by atoms with Crippen LogP contribution in [-0.2, 0) is 9.59 Å². The van der Waals surface area contributed by atoms with Crippen molar-refractivity contribution in [2.45, 2.75) is 32.1 Å². The van der Waals surface area contributed by atoms with Crippen LogP contribution >= 0.6 is 11.8 Å². The molecule has 0 spiro atoms. The number of hydrogen-bond donors (Lipinski definition) is 1. The third-order valence-electron chi connectivity index (χ3n) is 4.03. The topological polar surface area (TPSA) is 75.4 Å². The van der Waals surface area contributed by atoms with Crippen LogP contribution in [0.1, 0.15) is 31.2 Å². The summed E-state index contributed by atoms with van der Waals surface area (Å²) < 4.78 is 17.9. The van der Waals surface area contributed by atoms with Gasteiger partial charge >= 0.3 is 0 Å². The minimum atomic E-state index is -0.425. The van der Waals surface area contributed by atoms with Crippen molar-refractivity contribution in [3.8, 4) is 0 Å². The summed E-state index contributed by atoms with van der Waals surface area (Å²) in [6, 6.07) is 7.50. The highest BCUT2D eigenvalue weighted by Crippen LogP contribution is 2.21. The number of rotatable bonds is 7. The number of nitrogens with zero attached hydrogens (tertiary/aromatic N) is 2. The Kier molecular flexibility index (Phi) is 6.79. The van der Waals surface area contributed by atoms with Gasteiger partial charge in [0.1, 0.15) is 11.6 Å². The van der Waals surface area contributed by atoms with E-state index >= 15 is 0 Å². The van der Waals surface area contributed by atoms with Crippen LogP contribution in [0.3, 0.4) is 0 Å². The molecule has 2 aromatic rings. The Morgan fingerprint density at radius 2 is 1.96 bits per heavy atom. The number of carbonyl (C=O) groups is 2. The zero-order chi connectivity index (χ0) is 19.3. The first-order valence-corrected chi connectivity index (χ1v) is 9.19. The van der Waals surface area contributed by atoms with Crippen LogP contribution in [0.4, 0.5) is 10.2 Å². The van der Waals surface area contributed by atoms with E-state index in [9.17, 15) is 14.0 Å². The third kappa shape index (κ3) is 5.32. The molecule has 6 nitrogen and oxygen atoms in total. The Bertz CT molecular complexity index is 763. The molecule has 8 heteroatoms. The van der Waals surface area contributed by atoms with E-state index in [1.165, 1.54) is 23.9 Å². The maximum Gasteiger partial charge on any atom is 0.238 e. The lowest BCUT2D eigenvalue weighted by molar-refractivity contribution is -0.128. The average molecular weight is 379 g/mol. The molecule has 0 aliphatic heterocycles. The van der Waals surface area contributed by atoms with Crippen molar-refractivity contribution in [3.05, 3.63) is 47.5 Å². The fourth-order valence-corrected chi connectivity index (χ4v) is 3.01. The smallest absolute Gasteiger partial charge is 0.238 e. The molecule has 0 saturated heterocycles. The van der Waals surface area contributed by atoms with E-state index in [-0.39, 0.29) is 29.4 Å². The van der Waals surface area contributed by atoms with Gasteiger partial charge in [-0.3, -0.25) is 9.59 Å². The summed E-state index contributed by atoms with van der Waals surface area (Å²) in [5, 5.41) is 5.93. The fourth-order valence-electron chi connectivity index (χ4n) is 2.21. The quantitative estimate of drug-likeness (QED) is 0.798. The SMILES string of the molecule is Cc1cc(NC(=O)C(C)SCC(=O)N(C)C(C)c2ccc(F)cc2)no1. The van der Waals surface area contributed by atoms with Gasteiger partial charge in [0.2, 0.25) is 11.8 Å². The number of halogens is 1. The Labute approximate surface area is 156 Å². The highest BCUT2D eigenvalue weighted by Gasteiger charge is 2.21. The van der Waals surface area contributed by atoms with Crippen molar-refractivity contribution < 1.29 is 18.5 Å². The molecule has 26 heavy (non-hydrogen) atoms. The van der Waals surface area contributed by atoms with E-state index in [1.54, 1.807) is 44.0 Å². The molecule has 140 valence electrons. The highest BCUT2D eigenvalue weighted by molar-refractivity contribution is 8.01. The second-order valence-electron chi connectivity index (χ2n) is 6.00. The van der Waals surface area contributed by atoms with Crippen molar-refractivity contribution in [1.29, 1.82) is 0 Å². The Hall–Kier alpha value is -2.35. The van der Waals surface area contributed by atoms with E-state index in [4.69, 9.17) is 4.52 Å². The zero-order valence-corrected chi connectivity index (χ0v) is 16.0. The van der Waals surface area contributed by atoms with Gasteiger partial charge in [-0.1, -0.05) is 17.3 Å². The molecule has 0 aliphatic rings. The first-order valence-electron chi connectivity index (χ1n) is 8.15. The fraction of sp³-hybridized carbons (Fsp3) is 0.389. The molecule has 2 atom stereocenters. The van der Waals surface area contributed by atoms with Crippen LogP contribution in [0.25, 0.3) is 0 Å². The zero-order valence-electron chi connectivity index (χ0n) is 15.2. The van der Waals surface area contributed by atoms with Gasteiger partial charge in [0.05, 0.1) is 17.0 Å². The van der Waals surface area contributed by atoms with Gasteiger partial charge in [0.15, 0.2) is 5.82 Å². The summed E-state index contributed by atoms with van der Waals surface area (Å²) in [6.45, 7) is 5.33. The van der Waals surface area contributed by atoms with Gasteiger partial charge < -0.3 is 14.7 Å². The van der Waals surface area contributed by atoms with Crippen molar-refractivity contribution >= 4 is 29.4 Å². The van der Waals surface area contributed by atoms with Crippen molar-refractivity contribution in [2.75, 3.05) is 18.1 Å². The largest absolute Gasteiger partial charge is 0.360 e. The molecule has 0 saturated carbocycles. The van der Waals surface area contributed by atoms with Crippen LogP contribution in [0.2, 0.25) is 0 Å². The van der Waals surface area contributed by atoms with E-state index < -0.39 is 5.25 Å². The lowest BCUT2D eigenvalue weighted by Crippen LogP contribution is -2.32. The number of benzene rings is 1. The molecule has 2 rings (SSSR count). The monoisotopic (exact) mass is 379 g/mol. The Balaban J connectivity index is 1.84. The predicted octanol–water partition coefficient (Wildman–Crippen LogP) is 3.40. The predicted molar refractivity (Wildman–Crippen MR) is 99.4 cm³/mol. The molecule has 0 fully saturated rings. The normalized spacial score (nSPS) is 13.1. The highest BCUT2D eigenvalue weighted by atomic mass is 32.2. The summed E-state index contributed by atoms with van der Waals surface area (Å²) >= 11 is 1.24. The number of amides is 2. The maximum atomic E-state index is 13.0. The molecule has 1 heterocycles. The van der Waals surface area contributed by atoms with Gasteiger partial charge in [-0.2, -0.15) is 0 Å². The molecular weight excluding hydrogens is 357 g/mol. The number of aromatic nitrogens is 1. The minimum absolute atomic E-state index is 0.108. The van der Waals surface area contributed by atoms with Gasteiger partial charge in [0.25, 0.3) is 0 Å². The summed E-state index contributed by atoms with van der Waals surface area (Å²) in [5.74, 6) is 0.455. The van der Waals surface area contributed by atoms with Crippen LogP contribution < -0.4 is 5.32 Å². The third-order valence-corrected chi connectivity index (χ3v) is 5.16. The van der Waals surface area contributed by atoms with Crippen LogP contribution in [0, 0.1) is 12.7 Å². The minimum Gasteiger partial charge on any atom is -0.360 e. The lowest BCUT2D eigenvalue weighted by Gasteiger charge is -2.25. The first-order chi connectivity index (χ1) is 12.3. The summed E-state index contributed by atoms with van der Waals surface area (Å²) in [4.78, 5) is 26.1. The molecule has 1 N–H and O–H groups in total. The summed E-state index contributed by atoms with van der Waals surface area (Å²) in [7, 11) is 1.69. The number of aryl methyl sites for hydroxylation is 1. The van der Waals surface area contributed by atoms with Crippen LogP contribution in [0.15, 0.2) is 34.9 Å². The van der Waals surface area contributed by atoms with Gasteiger partial charge in [-0.15, -0.1) is 11.8 Å². The Morgan fingerprint density at radius 3 is 2.54 bits per heavy atom. The number of thioether (sulfide) groups is 1. The average Bonchev–Trinajstić information content (AvgIpc) is 3.03. The molecular formula is C18H22FN3O3S. The number of carbonyl (C=O) groups excluding carboxylic acids is 2. The van der Waals surface area contributed by atoms with E-state index in [2.05, 4.69) is 10.5 Å². The Morgan fingerprint density at radius 1 is 1.31 bits per heavy atom.